The monoisotopic (exact) mass is 302 g/mol. The summed E-state index contributed by atoms with van der Waals surface area (Å²) in [6, 6.07) is -0.0300. The van der Waals surface area contributed by atoms with E-state index in [4.69, 9.17) is 4.74 Å². The molecule has 0 spiro atoms. The van der Waals surface area contributed by atoms with E-state index in [9.17, 15) is 8.42 Å². The van der Waals surface area contributed by atoms with E-state index in [1.807, 2.05) is 7.05 Å². The van der Waals surface area contributed by atoms with Crippen molar-refractivity contribution in [3.63, 3.8) is 0 Å². The van der Waals surface area contributed by atoms with Crippen molar-refractivity contribution in [2.24, 2.45) is 0 Å². The molecule has 1 fully saturated rings. The summed E-state index contributed by atoms with van der Waals surface area (Å²) >= 11 is 0. The number of hydrogen-bond donors (Lipinski definition) is 2. The minimum atomic E-state index is -3.47. The number of hydrogen-bond acceptors (Lipinski definition) is 5. The highest BCUT2D eigenvalue weighted by Gasteiger charge is 2.33. The molecule has 20 heavy (non-hydrogen) atoms. The first-order chi connectivity index (χ1) is 9.55. The quantitative estimate of drug-likeness (QED) is 0.658. The molecule has 1 aromatic rings. The molecule has 7 nitrogen and oxygen atoms in total. The van der Waals surface area contributed by atoms with Crippen LogP contribution in [0.25, 0.3) is 0 Å². The zero-order valence-electron chi connectivity index (χ0n) is 11.9. The van der Waals surface area contributed by atoms with Crippen LogP contribution in [0.4, 0.5) is 0 Å². The first kappa shape index (κ1) is 15.4. The molecule has 1 saturated carbocycles. The number of nitrogens with zero attached hydrogens (tertiary/aromatic N) is 2. The van der Waals surface area contributed by atoms with Gasteiger partial charge in [-0.1, -0.05) is 0 Å². The minimum Gasteiger partial charge on any atom is -0.381 e. The lowest BCUT2D eigenvalue weighted by Gasteiger charge is -2.34. The second kappa shape index (κ2) is 6.66. The molecule has 114 valence electrons. The van der Waals surface area contributed by atoms with Crippen molar-refractivity contribution >= 4 is 10.0 Å². The van der Waals surface area contributed by atoms with E-state index in [1.54, 1.807) is 18.0 Å². The van der Waals surface area contributed by atoms with Gasteiger partial charge in [-0.05, 0) is 32.9 Å². The van der Waals surface area contributed by atoms with Crippen LogP contribution in [0.2, 0.25) is 0 Å². The van der Waals surface area contributed by atoms with Gasteiger partial charge >= 0.3 is 0 Å². The SMILES string of the molecule is CNCCCn1cc(S(=O)(=O)NC2CC(OC)C2)cn1. The third-order valence-electron chi connectivity index (χ3n) is 3.48. The lowest BCUT2D eigenvalue weighted by Crippen LogP contribution is -2.47. The van der Waals surface area contributed by atoms with Crippen LogP contribution in [-0.4, -0.2) is 51.0 Å². The molecule has 1 aromatic heterocycles. The average Bonchev–Trinajstić information content (AvgIpc) is 2.83. The largest absolute Gasteiger partial charge is 0.381 e. The van der Waals surface area contributed by atoms with Crippen LogP contribution in [-0.2, 0) is 21.3 Å². The van der Waals surface area contributed by atoms with Crippen LogP contribution >= 0.6 is 0 Å². The van der Waals surface area contributed by atoms with E-state index in [0.717, 1.165) is 25.8 Å². The highest BCUT2D eigenvalue weighted by atomic mass is 32.2. The number of rotatable bonds is 8. The fourth-order valence-electron chi connectivity index (χ4n) is 2.17. The normalized spacial score (nSPS) is 22.7. The van der Waals surface area contributed by atoms with E-state index < -0.39 is 10.0 Å². The molecule has 0 radical (unpaired) electrons. The zero-order valence-corrected chi connectivity index (χ0v) is 12.7. The molecule has 2 N–H and O–H groups in total. The maximum atomic E-state index is 12.2. The summed E-state index contributed by atoms with van der Waals surface area (Å²) in [7, 11) is 0.0609. The molecule has 0 amide bonds. The van der Waals surface area contributed by atoms with Gasteiger partial charge in [0, 0.05) is 25.9 Å². The van der Waals surface area contributed by atoms with Gasteiger partial charge < -0.3 is 10.1 Å². The standard InChI is InChI=1S/C12H22N4O3S/c1-13-4-3-5-16-9-12(8-14-16)20(17,18)15-10-6-11(7-10)19-2/h8-11,13,15H,3-7H2,1-2H3. The molecule has 1 heterocycles. The first-order valence-corrected chi connectivity index (χ1v) is 8.25. The van der Waals surface area contributed by atoms with E-state index in [2.05, 4.69) is 15.1 Å². The zero-order chi connectivity index (χ0) is 14.6. The van der Waals surface area contributed by atoms with Crippen molar-refractivity contribution in [1.82, 2.24) is 19.8 Å². The van der Waals surface area contributed by atoms with Gasteiger partial charge in [-0.15, -0.1) is 0 Å². The number of nitrogens with one attached hydrogen (secondary N) is 2. The molecule has 1 aliphatic carbocycles. The Labute approximate surface area is 119 Å². The van der Waals surface area contributed by atoms with Crippen LogP contribution in [0, 0.1) is 0 Å². The summed E-state index contributed by atoms with van der Waals surface area (Å²) in [5, 5.41) is 7.12. The Morgan fingerprint density at radius 2 is 2.25 bits per heavy atom. The van der Waals surface area contributed by atoms with Crippen LogP contribution < -0.4 is 10.0 Å². The summed E-state index contributed by atoms with van der Waals surface area (Å²) < 4.78 is 33.8. The molecule has 2 rings (SSSR count). The molecular formula is C12H22N4O3S. The van der Waals surface area contributed by atoms with Gasteiger partial charge in [0.05, 0.1) is 12.3 Å². The van der Waals surface area contributed by atoms with Gasteiger partial charge in [0.15, 0.2) is 0 Å². The van der Waals surface area contributed by atoms with E-state index in [1.165, 1.54) is 6.20 Å². The number of ether oxygens (including phenoxy) is 1. The fraction of sp³-hybridized carbons (Fsp3) is 0.750. The van der Waals surface area contributed by atoms with Crippen LogP contribution in [0.5, 0.6) is 0 Å². The number of sulfonamides is 1. The Bertz CT molecular complexity index is 523. The summed E-state index contributed by atoms with van der Waals surface area (Å²) in [5.41, 5.74) is 0. The van der Waals surface area contributed by atoms with E-state index >= 15 is 0 Å². The highest BCUT2D eigenvalue weighted by molar-refractivity contribution is 7.89. The van der Waals surface area contributed by atoms with E-state index in [-0.39, 0.29) is 17.0 Å². The van der Waals surface area contributed by atoms with Crippen molar-refractivity contribution in [2.75, 3.05) is 20.7 Å². The maximum Gasteiger partial charge on any atom is 0.243 e. The van der Waals surface area contributed by atoms with Crippen molar-refractivity contribution in [2.45, 2.75) is 42.8 Å². The molecule has 0 bridgehead atoms. The van der Waals surface area contributed by atoms with Crippen molar-refractivity contribution < 1.29 is 13.2 Å². The van der Waals surface area contributed by atoms with Gasteiger partial charge in [0.2, 0.25) is 10.0 Å². The maximum absolute atomic E-state index is 12.2. The van der Waals surface area contributed by atoms with Crippen molar-refractivity contribution in [3.8, 4) is 0 Å². The van der Waals surface area contributed by atoms with Gasteiger partial charge in [0.25, 0.3) is 0 Å². The highest BCUT2D eigenvalue weighted by Crippen LogP contribution is 2.24. The molecule has 0 atom stereocenters. The Balaban J connectivity index is 1.89. The van der Waals surface area contributed by atoms with E-state index in [0.29, 0.717) is 6.54 Å². The second-order valence-corrected chi connectivity index (χ2v) is 6.76. The summed E-state index contributed by atoms with van der Waals surface area (Å²) in [4.78, 5) is 0.225. The molecular weight excluding hydrogens is 280 g/mol. The van der Waals surface area contributed by atoms with Gasteiger partial charge in [-0.25, -0.2) is 13.1 Å². The smallest absolute Gasteiger partial charge is 0.243 e. The average molecular weight is 302 g/mol. The minimum absolute atomic E-state index is 0.0300. The lowest BCUT2D eigenvalue weighted by molar-refractivity contribution is 0.0236. The molecule has 0 aliphatic heterocycles. The Morgan fingerprint density at radius 3 is 2.90 bits per heavy atom. The van der Waals surface area contributed by atoms with Crippen molar-refractivity contribution in [1.29, 1.82) is 0 Å². The fourth-order valence-corrected chi connectivity index (χ4v) is 3.38. The molecule has 1 aliphatic rings. The summed E-state index contributed by atoms with van der Waals surface area (Å²) in [5.74, 6) is 0. The third kappa shape index (κ3) is 3.78. The molecule has 0 unspecified atom stereocenters. The molecule has 0 aromatic carbocycles. The van der Waals surface area contributed by atoms with Crippen LogP contribution in [0.3, 0.4) is 0 Å². The predicted octanol–water partition coefficient (Wildman–Crippen LogP) is -0.0517. The molecule has 0 saturated heterocycles. The Hall–Kier alpha value is -0.960. The second-order valence-electron chi connectivity index (χ2n) is 5.04. The number of methoxy groups -OCH3 is 1. The number of aryl methyl sites for hydroxylation is 1. The molecule has 8 heteroatoms. The first-order valence-electron chi connectivity index (χ1n) is 6.77. The Morgan fingerprint density at radius 1 is 1.50 bits per heavy atom. The van der Waals surface area contributed by atoms with Gasteiger partial charge in [0.1, 0.15) is 4.90 Å². The predicted molar refractivity (Wildman–Crippen MR) is 74.9 cm³/mol. The Kier molecular flexibility index (Phi) is 5.14. The summed E-state index contributed by atoms with van der Waals surface area (Å²) in [6.07, 6.45) is 5.51. The van der Waals surface area contributed by atoms with Crippen molar-refractivity contribution in [3.05, 3.63) is 12.4 Å². The number of aromatic nitrogens is 2. The van der Waals surface area contributed by atoms with Gasteiger partial charge in [-0.2, -0.15) is 5.10 Å². The van der Waals surface area contributed by atoms with Gasteiger partial charge in [-0.3, -0.25) is 4.68 Å². The topological polar surface area (TPSA) is 85.2 Å². The summed E-state index contributed by atoms with van der Waals surface area (Å²) in [6.45, 7) is 1.58. The lowest BCUT2D eigenvalue weighted by atomic mass is 9.90. The van der Waals surface area contributed by atoms with Crippen LogP contribution in [0.1, 0.15) is 19.3 Å². The van der Waals surface area contributed by atoms with Crippen LogP contribution in [0.15, 0.2) is 17.3 Å². The third-order valence-corrected chi connectivity index (χ3v) is 4.96.